The lowest BCUT2D eigenvalue weighted by molar-refractivity contribution is -0.114. The number of carbonyl (C=O) groups is 3. The van der Waals surface area contributed by atoms with E-state index < -0.39 is 11.8 Å². The van der Waals surface area contributed by atoms with Crippen molar-refractivity contribution in [1.29, 1.82) is 0 Å². The van der Waals surface area contributed by atoms with Gasteiger partial charge >= 0.3 is 0 Å². The van der Waals surface area contributed by atoms with Crippen molar-refractivity contribution in [3.8, 4) is 0 Å². The number of fused-ring (bicyclic) bond motifs is 1. The lowest BCUT2D eigenvalue weighted by atomic mass is 10.1. The number of thioether (sulfide) groups is 1. The summed E-state index contributed by atoms with van der Waals surface area (Å²) >= 11 is 15.4. The number of thiazole rings is 1. The molecule has 210 valence electrons. The van der Waals surface area contributed by atoms with Crippen LogP contribution in [0.2, 0.25) is 10.0 Å². The highest BCUT2D eigenvalue weighted by atomic mass is 35.5. The first-order valence-electron chi connectivity index (χ1n) is 12.6. The first kappa shape index (κ1) is 29.3. The predicted molar refractivity (Wildman–Crippen MR) is 172 cm³/mol. The Labute approximate surface area is 260 Å². The molecule has 11 heteroatoms. The van der Waals surface area contributed by atoms with E-state index in [1.807, 2.05) is 24.3 Å². The minimum Gasteiger partial charge on any atom is -0.321 e. The molecule has 7 nitrogen and oxygen atoms in total. The molecule has 1 aromatic heterocycles. The first-order valence-corrected chi connectivity index (χ1v) is 15.1. The van der Waals surface area contributed by atoms with Gasteiger partial charge in [-0.25, -0.2) is 4.98 Å². The van der Waals surface area contributed by atoms with Gasteiger partial charge in [0.2, 0.25) is 5.91 Å². The van der Waals surface area contributed by atoms with Gasteiger partial charge in [0.05, 0.1) is 16.0 Å². The third kappa shape index (κ3) is 7.57. The van der Waals surface area contributed by atoms with E-state index in [0.29, 0.717) is 32.0 Å². The van der Waals surface area contributed by atoms with Crippen LogP contribution in [0.25, 0.3) is 16.3 Å². The fourth-order valence-electron chi connectivity index (χ4n) is 3.80. The Morgan fingerprint density at radius 3 is 2.21 bits per heavy atom. The summed E-state index contributed by atoms with van der Waals surface area (Å²) in [6.45, 7) is 0. The van der Waals surface area contributed by atoms with E-state index in [2.05, 4.69) is 20.9 Å². The van der Waals surface area contributed by atoms with Gasteiger partial charge in [-0.2, -0.15) is 0 Å². The summed E-state index contributed by atoms with van der Waals surface area (Å²) in [7, 11) is 0. The van der Waals surface area contributed by atoms with E-state index in [1.165, 1.54) is 29.2 Å². The molecule has 0 fully saturated rings. The smallest absolute Gasteiger partial charge is 0.272 e. The molecule has 42 heavy (non-hydrogen) atoms. The quantitative estimate of drug-likeness (QED) is 0.114. The number of carbonyl (C=O) groups excluding carboxylic acids is 3. The molecule has 1 heterocycles. The molecule has 0 bridgehead atoms. The van der Waals surface area contributed by atoms with E-state index in [0.717, 1.165) is 15.1 Å². The van der Waals surface area contributed by atoms with Gasteiger partial charge in [-0.15, -0.1) is 11.8 Å². The van der Waals surface area contributed by atoms with E-state index in [1.54, 1.807) is 72.8 Å². The van der Waals surface area contributed by atoms with Crippen molar-refractivity contribution in [3.05, 3.63) is 124 Å². The molecular formula is C31H22Cl2N4O3S2. The van der Waals surface area contributed by atoms with Crippen LogP contribution in [0.1, 0.15) is 15.9 Å². The Kier molecular flexibility index (Phi) is 9.55. The lowest BCUT2D eigenvalue weighted by Crippen LogP contribution is -2.30. The molecular weight excluding hydrogens is 611 g/mol. The van der Waals surface area contributed by atoms with Gasteiger partial charge in [-0.3, -0.25) is 14.4 Å². The Morgan fingerprint density at radius 2 is 1.50 bits per heavy atom. The Balaban J connectivity index is 1.24. The van der Waals surface area contributed by atoms with Crippen molar-refractivity contribution in [3.63, 3.8) is 0 Å². The summed E-state index contributed by atoms with van der Waals surface area (Å²) < 4.78 is 1.01. The monoisotopic (exact) mass is 632 g/mol. The second-order valence-electron chi connectivity index (χ2n) is 8.82. The largest absolute Gasteiger partial charge is 0.321 e. The van der Waals surface area contributed by atoms with Crippen LogP contribution in [0.4, 0.5) is 10.8 Å². The molecule has 0 aliphatic carbocycles. The molecule has 4 aromatic carbocycles. The van der Waals surface area contributed by atoms with Crippen molar-refractivity contribution in [2.75, 3.05) is 16.4 Å². The average Bonchev–Trinajstić information content (AvgIpc) is 3.40. The number of halogens is 2. The molecule has 3 amide bonds. The van der Waals surface area contributed by atoms with E-state index in [4.69, 9.17) is 23.2 Å². The highest BCUT2D eigenvalue weighted by Crippen LogP contribution is 2.28. The molecule has 0 spiro atoms. The molecule has 0 saturated carbocycles. The maximum Gasteiger partial charge on any atom is 0.272 e. The number of aromatic nitrogens is 1. The molecule has 0 unspecified atom stereocenters. The van der Waals surface area contributed by atoms with E-state index in [9.17, 15) is 14.4 Å². The Morgan fingerprint density at radius 1 is 0.810 bits per heavy atom. The third-order valence-corrected chi connectivity index (χ3v) is 8.46. The summed E-state index contributed by atoms with van der Waals surface area (Å²) in [4.78, 5) is 43.9. The van der Waals surface area contributed by atoms with E-state index in [-0.39, 0.29) is 17.4 Å². The van der Waals surface area contributed by atoms with Crippen LogP contribution in [-0.4, -0.2) is 28.5 Å². The fraction of sp³-hybridized carbons (Fsp3) is 0.0323. The zero-order chi connectivity index (χ0) is 29.5. The SMILES string of the molecule is O=C(CSc1ccc(NC(=O)/C(=C/c2c(Cl)cccc2Cl)NC(=O)c2ccccc2)cc1)Nc1nc2ccccc2s1. The van der Waals surface area contributed by atoms with Crippen LogP contribution >= 0.6 is 46.3 Å². The molecule has 0 radical (unpaired) electrons. The zero-order valence-corrected chi connectivity index (χ0v) is 24.9. The van der Waals surface area contributed by atoms with Gasteiger partial charge in [0.1, 0.15) is 5.70 Å². The van der Waals surface area contributed by atoms with Gasteiger partial charge in [-0.05, 0) is 66.7 Å². The number of hydrogen-bond acceptors (Lipinski definition) is 6. The summed E-state index contributed by atoms with van der Waals surface area (Å²) in [5.74, 6) is -1.00. The molecule has 0 atom stereocenters. The van der Waals surface area contributed by atoms with Gasteiger partial charge in [-0.1, -0.05) is 70.9 Å². The van der Waals surface area contributed by atoms with Crippen LogP contribution in [0.5, 0.6) is 0 Å². The number of anilines is 2. The van der Waals surface area contributed by atoms with Crippen LogP contribution in [0.3, 0.4) is 0 Å². The minimum absolute atomic E-state index is 0.0381. The second-order valence-corrected chi connectivity index (χ2v) is 11.7. The first-order chi connectivity index (χ1) is 20.4. The van der Waals surface area contributed by atoms with Gasteiger partial charge in [0.25, 0.3) is 11.8 Å². The summed E-state index contributed by atoms with van der Waals surface area (Å²) in [6.07, 6.45) is 1.44. The standard InChI is InChI=1S/C31H22Cl2N4O3S2/c32-23-9-6-10-24(33)22(23)17-26(35-29(39)19-7-2-1-3-8-19)30(40)34-20-13-15-21(16-14-20)41-18-28(38)37-31-36-25-11-4-5-12-27(25)42-31/h1-17H,18H2,(H,34,40)(H,35,39)(H,36,37,38)/b26-17-. The molecule has 3 N–H and O–H groups in total. The predicted octanol–water partition coefficient (Wildman–Crippen LogP) is 7.74. The molecule has 5 rings (SSSR count). The number of rotatable bonds is 9. The van der Waals surface area contributed by atoms with E-state index >= 15 is 0 Å². The van der Waals surface area contributed by atoms with Gasteiger partial charge < -0.3 is 16.0 Å². The number of nitrogens with one attached hydrogen (secondary N) is 3. The summed E-state index contributed by atoms with van der Waals surface area (Å²) in [5.41, 5.74) is 2.08. The number of para-hydroxylation sites is 1. The topological polar surface area (TPSA) is 100 Å². The summed E-state index contributed by atoms with van der Waals surface area (Å²) in [5, 5.41) is 9.51. The zero-order valence-electron chi connectivity index (χ0n) is 21.8. The molecule has 0 aliphatic heterocycles. The van der Waals surface area contributed by atoms with Crippen LogP contribution in [0, 0.1) is 0 Å². The normalized spacial score (nSPS) is 11.2. The van der Waals surface area contributed by atoms with Crippen LogP contribution in [0.15, 0.2) is 108 Å². The third-order valence-electron chi connectivity index (χ3n) is 5.84. The summed E-state index contributed by atoms with van der Waals surface area (Å²) in [6, 6.07) is 28.2. The van der Waals surface area contributed by atoms with Crippen LogP contribution in [-0.2, 0) is 9.59 Å². The number of benzene rings is 4. The Hall–Kier alpha value is -4.15. The molecule has 0 aliphatic rings. The van der Waals surface area contributed by atoms with Crippen molar-refractivity contribution in [2.24, 2.45) is 0 Å². The fourth-order valence-corrected chi connectivity index (χ4v) is 5.89. The minimum atomic E-state index is -0.564. The maximum absolute atomic E-state index is 13.3. The molecule has 5 aromatic rings. The molecule has 0 saturated heterocycles. The van der Waals surface area contributed by atoms with Crippen molar-refractivity contribution in [1.82, 2.24) is 10.3 Å². The number of nitrogens with zero attached hydrogens (tertiary/aromatic N) is 1. The average molecular weight is 634 g/mol. The van der Waals surface area contributed by atoms with Gasteiger partial charge in [0.15, 0.2) is 5.13 Å². The van der Waals surface area contributed by atoms with Crippen LogP contribution < -0.4 is 16.0 Å². The lowest BCUT2D eigenvalue weighted by Gasteiger charge is -2.13. The van der Waals surface area contributed by atoms with Crippen molar-refractivity contribution in [2.45, 2.75) is 4.90 Å². The highest BCUT2D eigenvalue weighted by molar-refractivity contribution is 8.00. The van der Waals surface area contributed by atoms with Crippen molar-refractivity contribution < 1.29 is 14.4 Å². The maximum atomic E-state index is 13.3. The number of amides is 3. The van der Waals surface area contributed by atoms with Crippen molar-refractivity contribution >= 4 is 91.1 Å². The second kappa shape index (κ2) is 13.7. The highest BCUT2D eigenvalue weighted by Gasteiger charge is 2.17. The number of hydrogen-bond donors (Lipinski definition) is 3. The van der Waals surface area contributed by atoms with Gasteiger partial charge in [0, 0.05) is 31.8 Å². The Bertz CT molecular complexity index is 1740.